The van der Waals surface area contributed by atoms with E-state index in [0.717, 1.165) is 34.5 Å². The molecule has 2 aromatic carbocycles. The number of halogens is 1. The summed E-state index contributed by atoms with van der Waals surface area (Å²) in [5.41, 5.74) is 11.2. The molecular formula is C24H25BrN4O2. The second-order valence-electron chi connectivity index (χ2n) is 8.09. The maximum atomic E-state index is 13.7. The molecule has 1 aromatic heterocycles. The SMILES string of the molecule is Cc1c(-c2ccc(C#N)cc2N)c(=O)c2cc(Br)c(N3CCOCC3)cc2n1C(C)C. The molecular weight excluding hydrogens is 456 g/mol. The van der Waals surface area contributed by atoms with E-state index in [1.165, 1.54) is 0 Å². The standard InChI is InChI=1S/C24H25BrN4O2/c1-14(2)29-15(3)23(17-5-4-16(13-26)10-20(17)27)24(30)18-11-19(25)22(12-21(18)29)28-6-8-31-9-7-28/h4-5,10-12,14H,6-9,27H2,1-3H3. The van der Waals surface area contributed by atoms with Crippen LogP contribution in [-0.2, 0) is 4.74 Å². The molecule has 4 rings (SSSR count). The Morgan fingerprint density at radius 1 is 1.19 bits per heavy atom. The molecule has 1 aliphatic rings. The number of pyridine rings is 1. The Morgan fingerprint density at radius 2 is 1.90 bits per heavy atom. The summed E-state index contributed by atoms with van der Waals surface area (Å²) in [6.07, 6.45) is 0. The van der Waals surface area contributed by atoms with Crippen LogP contribution in [0.5, 0.6) is 0 Å². The highest BCUT2D eigenvalue weighted by Crippen LogP contribution is 2.36. The minimum Gasteiger partial charge on any atom is -0.398 e. The van der Waals surface area contributed by atoms with Gasteiger partial charge in [-0.1, -0.05) is 6.07 Å². The third-order valence-electron chi connectivity index (χ3n) is 5.84. The highest BCUT2D eigenvalue weighted by molar-refractivity contribution is 9.10. The number of hydrogen-bond acceptors (Lipinski definition) is 5. The summed E-state index contributed by atoms with van der Waals surface area (Å²) >= 11 is 3.69. The Hall–Kier alpha value is -2.82. The maximum absolute atomic E-state index is 13.7. The highest BCUT2D eigenvalue weighted by atomic mass is 79.9. The smallest absolute Gasteiger partial charge is 0.197 e. The fourth-order valence-electron chi connectivity index (χ4n) is 4.42. The van der Waals surface area contributed by atoms with Gasteiger partial charge in [-0.25, -0.2) is 0 Å². The number of aromatic nitrogens is 1. The molecule has 0 saturated carbocycles. The summed E-state index contributed by atoms with van der Waals surface area (Å²) in [6.45, 7) is 9.20. The van der Waals surface area contributed by atoms with Gasteiger partial charge in [0.05, 0.1) is 41.6 Å². The lowest BCUT2D eigenvalue weighted by atomic mass is 9.97. The van der Waals surface area contributed by atoms with E-state index >= 15 is 0 Å². The number of benzene rings is 2. The summed E-state index contributed by atoms with van der Waals surface area (Å²) in [5.74, 6) is 0. The molecule has 1 aliphatic heterocycles. The molecule has 0 amide bonds. The number of fused-ring (bicyclic) bond motifs is 1. The molecule has 0 bridgehead atoms. The van der Waals surface area contributed by atoms with E-state index in [4.69, 9.17) is 15.7 Å². The normalized spacial score (nSPS) is 14.3. The van der Waals surface area contributed by atoms with E-state index in [1.807, 2.05) is 13.0 Å². The fraction of sp³-hybridized carbons (Fsp3) is 0.333. The van der Waals surface area contributed by atoms with Crippen LogP contribution in [0.4, 0.5) is 11.4 Å². The molecule has 6 nitrogen and oxygen atoms in total. The van der Waals surface area contributed by atoms with Gasteiger partial charge in [0.2, 0.25) is 0 Å². The first-order chi connectivity index (χ1) is 14.8. The average molecular weight is 481 g/mol. The largest absolute Gasteiger partial charge is 0.398 e. The Kier molecular flexibility index (Phi) is 5.78. The molecule has 160 valence electrons. The minimum absolute atomic E-state index is 0.0602. The molecule has 7 heteroatoms. The van der Waals surface area contributed by atoms with Crippen molar-refractivity contribution in [3.8, 4) is 17.2 Å². The predicted molar refractivity (Wildman–Crippen MR) is 129 cm³/mol. The summed E-state index contributed by atoms with van der Waals surface area (Å²) < 4.78 is 8.58. The van der Waals surface area contributed by atoms with Crippen LogP contribution in [0.15, 0.2) is 39.6 Å². The molecule has 3 aromatic rings. The second kappa shape index (κ2) is 8.37. The average Bonchev–Trinajstić information content (AvgIpc) is 2.75. The Bertz CT molecular complexity index is 1270. The van der Waals surface area contributed by atoms with Crippen LogP contribution >= 0.6 is 15.9 Å². The number of nitrogens with zero attached hydrogens (tertiary/aromatic N) is 3. The number of hydrogen-bond donors (Lipinski definition) is 1. The summed E-state index contributed by atoms with van der Waals surface area (Å²) in [6, 6.07) is 11.3. The summed E-state index contributed by atoms with van der Waals surface area (Å²) in [4.78, 5) is 16.0. The number of ether oxygens (including phenoxy) is 1. The zero-order chi connectivity index (χ0) is 22.3. The van der Waals surface area contributed by atoms with Gasteiger partial charge in [0.15, 0.2) is 5.43 Å². The number of morpholine rings is 1. The van der Waals surface area contributed by atoms with Gasteiger partial charge in [-0.05, 0) is 61.0 Å². The van der Waals surface area contributed by atoms with Gasteiger partial charge < -0.3 is 19.9 Å². The summed E-state index contributed by atoms with van der Waals surface area (Å²) in [7, 11) is 0. The predicted octanol–water partition coefficient (Wildman–Crippen LogP) is 4.61. The van der Waals surface area contributed by atoms with Gasteiger partial charge >= 0.3 is 0 Å². The molecule has 1 saturated heterocycles. The topological polar surface area (TPSA) is 84.3 Å². The van der Waals surface area contributed by atoms with Gasteiger partial charge in [-0.3, -0.25) is 4.79 Å². The molecule has 2 heterocycles. The molecule has 1 fully saturated rings. The first kappa shape index (κ1) is 21.4. The van der Waals surface area contributed by atoms with Crippen LogP contribution in [0.3, 0.4) is 0 Å². The highest BCUT2D eigenvalue weighted by Gasteiger charge is 2.22. The van der Waals surface area contributed by atoms with Crippen LogP contribution in [0.2, 0.25) is 0 Å². The van der Waals surface area contributed by atoms with Crippen molar-refractivity contribution in [3.63, 3.8) is 0 Å². The van der Waals surface area contributed by atoms with Crippen molar-refractivity contribution in [1.29, 1.82) is 5.26 Å². The lowest BCUT2D eigenvalue weighted by Gasteiger charge is -2.31. The molecule has 0 spiro atoms. The van der Waals surface area contributed by atoms with Gasteiger partial charge in [-0.2, -0.15) is 5.26 Å². The number of anilines is 2. The first-order valence-corrected chi connectivity index (χ1v) is 11.1. The van der Waals surface area contributed by atoms with Gasteiger partial charge in [0, 0.05) is 45.9 Å². The zero-order valence-corrected chi connectivity index (χ0v) is 19.5. The van der Waals surface area contributed by atoms with Crippen LogP contribution < -0.4 is 16.1 Å². The van der Waals surface area contributed by atoms with Crippen molar-refractivity contribution in [2.45, 2.75) is 26.8 Å². The zero-order valence-electron chi connectivity index (χ0n) is 17.9. The van der Waals surface area contributed by atoms with Gasteiger partial charge in [-0.15, -0.1) is 0 Å². The van der Waals surface area contributed by atoms with Crippen molar-refractivity contribution in [2.24, 2.45) is 0 Å². The van der Waals surface area contributed by atoms with Crippen molar-refractivity contribution in [2.75, 3.05) is 36.9 Å². The van der Waals surface area contributed by atoms with Crippen LogP contribution in [-0.4, -0.2) is 30.9 Å². The molecule has 2 N–H and O–H groups in total. The van der Waals surface area contributed by atoms with E-state index < -0.39 is 0 Å². The van der Waals surface area contributed by atoms with Gasteiger partial charge in [0.1, 0.15) is 0 Å². The summed E-state index contributed by atoms with van der Waals surface area (Å²) in [5, 5.41) is 9.81. The fourth-order valence-corrected chi connectivity index (χ4v) is 5.02. The lowest BCUT2D eigenvalue weighted by molar-refractivity contribution is 0.122. The van der Waals surface area contributed by atoms with E-state index in [2.05, 4.69) is 51.4 Å². The molecule has 0 aliphatic carbocycles. The number of nitriles is 1. The Morgan fingerprint density at radius 3 is 2.52 bits per heavy atom. The Balaban J connectivity index is 2.03. The van der Waals surface area contributed by atoms with E-state index in [0.29, 0.717) is 41.0 Å². The number of rotatable bonds is 3. The van der Waals surface area contributed by atoms with E-state index in [1.54, 1.807) is 18.2 Å². The quantitative estimate of drug-likeness (QED) is 0.553. The van der Waals surface area contributed by atoms with Crippen molar-refractivity contribution < 1.29 is 4.74 Å². The molecule has 0 unspecified atom stereocenters. The minimum atomic E-state index is -0.0602. The number of nitrogen functional groups attached to an aromatic ring is 1. The Labute approximate surface area is 190 Å². The van der Waals surface area contributed by atoms with Crippen LogP contribution in [0.25, 0.3) is 22.0 Å². The van der Waals surface area contributed by atoms with E-state index in [-0.39, 0.29) is 11.5 Å². The van der Waals surface area contributed by atoms with Crippen LogP contribution in [0, 0.1) is 18.3 Å². The van der Waals surface area contributed by atoms with Crippen LogP contribution in [0.1, 0.15) is 31.1 Å². The molecule has 0 radical (unpaired) electrons. The number of nitrogens with two attached hydrogens (primary N) is 1. The third kappa shape index (κ3) is 3.71. The second-order valence-corrected chi connectivity index (χ2v) is 8.94. The lowest BCUT2D eigenvalue weighted by Crippen LogP contribution is -2.36. The van der Waals surface area contributed by atoms with Crippen molar-refractivity contribution in [3.05, 3.63) is 56.3 Å². The molecule has 0 atom stereocenters. The maximum Gasteiger partial charge on any atom is 0.197 e. The van der Waals surface area contributed by atoms with E-state index in [9.17, 15) is 4.79 Å². The first-order valence-electron chi connectivity index (χ1n) is 10.3. The molecule has 31 heavy (non-hydrogen) atoms. The monoisotopic (exact) mass is 480 g/mol. The van der Waals surface area contributed by atoms with Crippen molar-refractivity contribution in [1.82, 2.24) is 4.57 Å². The third-order valence-corrected chi connectivity index (χ3v) is 6.47. The van der Waals surface area contributed by atoms with Gasteiger partial charge in [0.25, 0.3) is 0 Å². The van der Waals surface area contributed by atoms with Crippen molar-refractivity contribution >= 4 is 38.2 Å².